The van der Waals surface area contributed by atoms with Crippen LogP contribution in [0.25, 0.3) is 0 Å². The summed E-state index contributed by atoms with van der Waals surface area (Å²) < 4.78 is 15.6. The number of morpholine rings is 2. The third kappa shape index (κ3) is 5.46. The van der Waals surface area contributed by atoms with Gasteiger partial charge in [-0.2, -0.15) is 0 Å². The Kier molecular flexibility index (Phi) is 7.46. The van der Waals surface area contributed by atoms with Crippen LogP contribution in [0.2, 0.25) is 0 Å². The van der Waals surface area contributed by atoms with Crippen LogP contribution in [-0.4, -0.2) is 88.4 Å². The molecule has 2 aliphatic heterocycles. The Morgan fingerprint density at radius 2 is 1.62 bits per heavy atom. The van der Waals surface area contributed by atoms with Crippen molar-refractivity contribution in [3.63, 3.8) is 0 Å². The summed E-state index contributed by atoms with van der Waals surface area (Å²) in [5, 5.41) is 4.37. The van der Waals surface area contributed by atoms with E-state index >= 15 is 0 Å². The number of methoxy groups -OCH3 is 1. The molecule has 8 nitrogen and oxygen atoms in total. The monoisotopic (exact) mass is 405 g/mol. The van der Waals surface area contributed by atoms with Gasteiger partial charge in [0.15, 0.2) is 0 Å². The second-order valence-electron chi connectivity index (χ2n) is 7.59. The zero-order valence-corrected chi connectivity index (χ0v) is 17.6. The van der Waals surface area contributed by atoms with Crippen molar-refractivity contribution in [2.24, 2.45) is 5.16 Å². The van der Waals surface area contributed by atoms with Gasteiger partial charge in [-0.1, -0.05) is 17.3 Å². The zero-order chi connectivity index (χ0) is 20.7. The summed E-state index contributed by atoms with van der Waals surface area (Å²) in [7, 11) is 1.33. The predicted octanol–water partition coefficient (Wildman–Crippen LogP) is 1.53. The highest BCUT2D eigenvalue weighted by molar-refractivity contribution is 6.06. The predicted molar refractivity (Wildman–Crippen MR) is 110 cm³/mol. The van der Waals surface area contributed by atoms with Crippen LogP contribution in [0.5, 0.6) is 0 Å². The number of rotatable bonds is 7. The molecule has 2 fully saturated rings. The smallest absolute Gasteiger partial charge is 0.346 e. The number of nitrogens with zero attached hydrogens (tertiary/aromatic N) is 3. The number of benzene rings is 1. The number of esters is 1. The molecule has 0 aliphatic carbocycles. The van der Waals surface area contributed by atoms with Gasteiger partial charge in [0.05, 0.1) is 39.1 Å². The van der Waals surface area contributed by atoms with Crippen molar-refractivity contribution in [1.29, 1.82) is 0 Å². The average molecular weight is 405 g/mol. The third-order valence-corrected chi connectivity index (χ3v) is 5.46. The van der Waals surface area contributed by atoms with Gasteiger partial charge in [-0.3, -0.25) is 4.90 Å². The Hall–Kier alpha value is -2.16. The van der Waals surface area contributed by atoms with Gasteiger partial charge in [0.25, 0.3) is 0 Å². The van der Waals surface area contributed by atoms with Crippen LogP contribution in [-0.2, 0) is 23.8 Å². The first-order chi connectivity index (χ1) is 14.0. The molecular formula is C21H31N3O5. The summed E-state index contributed by atoms with van der Waals surface area (Å²) in [6.07, 6.45) is 0. The van der Waals surface area contributed by atoms with Gasteiger partial charge in [-0.05, 0) is 26.0 Å². The maximum atomic E-state index is 11.4. The van der Waals surface area contributed by atoms with E-state index in [0.717, 1.165) is 56.4 Å². The normalized spacial score (nSPS) is 19.1. The molecule has 0 radical (unpaired) electrons. The Morgan fingerprint density at radius 3 is 2.21 bits per heavy atom. The maximum Gasteiger partial charge on any atom is 0.346 e. The second-order valence-corrected chi connectivity index (χ2v) is 7.59. The molecule has 0 spiro atoms. The van der Waals surface area contributed by atoms with Crippen molar-refractivity contribution < 1.29 is 23.8 Å². The van der Waals surface area contributed by atoms with Crippen LogP contribution < -0.4 is 4.90 Å². The van der Waals surface area contributed by atoms with E-state index in [2.05, 4.69) is 57.8 Å². The van der Waals surface area contributed by atoms with E-state index < -0.39 is 5.97 Å². The van der Waals surface area contributed by atoms with Crippen LogP contribution in [0.3, 0.4) is 0 Å². The number of hydrogen-bond acceptors (Lipinski definition) is 8. The minimum Gasteiger partial charge on any atom is -0.466 e. The summed E-state index contributed by atoms with van der Waals surface area (Å²) in [6.45, 7) is 10.3. The highest BCUT2D eigenvalue weighted by Gasteiger charge is 2.35. The molecule has 160 valence electrons. The highest BCUT2D eigenvalue weighted by atomic mass is 16.6. The lowest BCUT2D eigenvalue weighted by Gasteiger charge is -2.41. The van der Waals surface area contributed by atoms with Crippen LogP contribution in [0.1, 0.15) is 19.4 Å². The number of anilines is 1. The first-order valence-corrected chi connectivity index (χ1v) is 10.1. The molecule has 2 aliphatic rings. The molecule has 2 heterocycles. The van der Waals surface area contributed by atoms with Crippen molar-refractivity contribution in [2.45, 2.75) is 19.4 Å². The number of carbonyl (C=O) groups is 1. The molecular weight excluding hydrogens is 374 g/mol. The molecule has 2 saturated heterocycles. The van der Waals surface area contributed by atoms with Crippen molar-refractivity contribution >= 4 is 17.4 Å². The zero-order valence-electron chi connectivity index (χ0n) is 17.6. The van der Waals surface area contributed by atoms with Crippen LogP contribution in [0.4, 0.5) is 5.69 Å². The first kappa shape index (κ1) is 21.5. The third-order valence-electron chi connectivity index (χ3n) is 5.46. The summed E-state index contributed by atoms with van der Waals surface area (Å²) in [4.78, 5) is 21.4. The molecule has 0 bridgehead atoms. The first-order valence-electron chi connectivity index (χ1n) is 10.1. The standard InChI is InChI=1S/C21H31N3O5/c1-21(2,24-10-14-28-15-11-24)20(22-29-16-19(25)26-3)17-4-6-18(7-5-17)23-8-12-27-13-9-23/h4-7H,8-16H2,1-3H3. The number of ether oxygens (including phenoxy) is 3. The summed E-state index contributed by atoms with van der Waals surface area (Å²) in [5.74, 6) is -0.458. The lowest BCUT2D eigenvalue weighted by Crippen LogP contribution is -2.54. The molecule has 1 aromatic rings. The summed E-state index contributed by atoms with van der Waals surface area (Å²) in [6, 6.07) is 8.33. The minimum absolute atomic E-state index is 0.217. The lowest BCUT2D eigenvalue weighted by atomic mass is 9.89. The van der Waals surface area contributed by atoms with Gasteiger partial charge in [0, 0.05) is 37.4 Å². The van der Waals surface area contributed by atoms with Gasteiger partial charge in [-0.25, -0.2) is 4.79 Å². The maximum absolute atomic E-state index is 11.4. The molecule has 29 heavy (non-hydrogen) atoms. The Bertz CT molecular complexity index is 693. The van der Waals surface area contributed by atoms with Gasteiger partial charge in [-0.15, -0.1) is 0 Å². The van der Waals surface area contributed by atoms with Gasteiger partial charge >= 0.3 is 5.97 Å². The summed E-state index contributed by atoms with van der Waals surface area (Å²) in [5.41, 5.74) is 2.51. The van der Waals surface area contributed by atoms with E-state index in [-0.39, 0.29) is 12.1 Å². The quantitative estimate of drug-likeness (QED) is 0.387. The molecule has 3 rings (SSSR count). The van der Waals surface area contributed by atoms with Gasteiger partial charge in [0.2, 0.25) is 6.61 Å². The van der Waals surface area contributed by atoms with E-state index in [4.69, 9.17) is 14.3 Å². The van der Waals surface area contributed by atoms with Crippen molar-refractivity contribution in [3.8, 4) is 0 Å². The minimum atomic E-state index is -0.458. The van der Waals surface area contributed by atoms with Crippen molar-refractivity contribution in [3.05, 3.63) is 29.8 Å². The van der Waals surface area contributed by atoms with E-state index in [1.807, 2.05) is 0 Å². The number of carbonyl (C=O) groups excluding carboxylic acids is 1. The Labute approximate surface area is 172 Å². The molecule has 0 N–H and O–H groups in total. The Morgan fingerprint density at radius 1 is 1.03 bits per heavy atom. The van der Waals surface area contributed by atoms with E-state index in [0.29, 0.717) is 13.2 Å². The number of oxime groups is 1. The van der Waals surface area contributed by atoms with Crippen LogP contribution in [0, 0.1) is 0 Å². The van der Waals surface area contributed by atoms with Crippen molar-refractivity contribution in [2.75, 3.05) is 71.2 Å². The van der Waals surface area contributed by atoms with Crippen LogP contribution >= 0.6 is 0 Å². The fraction of sp³-hybridized carbons (Fsp3) is 0.619. The summed E-state index contributed by atoms with van der Waals surface area (Å²) >= 11 is 0. The molecule has 0 atom stereocenters. The molecule has 8 heteroatoms. The SMILES string of the molecule is COC(=O)CON=C(c1ccc(N2CCOCC2)cc1)C(C)(C)N1CCOCC1. The van der Waals surface area contributed by atoms with E-state index in [1.165, 1.54) is 7.11 Å². The molecule has 0 unspecified atom stereocenters. The molecule has 0 aromatic heterocycles. The van der Waals surface area contributed by atoms with Crippen molar-refractivity contribution in [1.82, 2.24) is 4.90 Å². The lowest BCUT2D eigenvalue weighted by molar-refractivity contribution is -0.145. The topological polar surface area (TPSA) is 72.8 Å². The fourth-order valence-electron chi connectivity index (χ4n) is 3.65. The number of hydrogen-bond donors (Lipinski definition) is 0. The van der Waals surface area contributed by atoms with E-state index in [1.54, 1.807) is 0 Å². The van der Waals surface area contributed by atoms with Crippen LogP contribution in [0.15, 0.2) is 29.4 Å². The van der Waals surface area contributed by atoms with Gasteiger partial charge in [0.1, 0.15) is 5.71 Å². The Balaban J connectivity index is 1.83. The molecule has 0 amide bonds. The van der Waals surface area contributed by atoms with E-state index in [9.17, 15) is 4.79 Å². The highest BCUT2D eigenvalue weighted by Crippen LogP contribution is 2.25. The fourth-order valence-corrected chi connectivity index (χ4v) is 3.65. The largest absolute Gasteiger partial charge is 0.466 e. The second kappa shape index (κ2) is 10.0. The average Bonchev–Trinajstić information content (AvgIpc) is 2.78. The molecule has 0 saturated carbocycles. The molecule has 1 aromatic carbocycles. The van der Waals surface area contributed by atoms with Gasteiger partial charge < -0.3 is 23.9 Å².